The SMILES string of the molecule is CNc1cc(-c2cc(C(C)(C)C)cc(C(C)(C)C)c2)cc(N2C(=O)c3ccc(C(c4ccc5c(c4)C(=O)N(c4cccc(C(C)(c6ccccc6)C(F)(F)F)c4)C5=O)(C(F)(F)F)C(F)(F)F)cc3C2=O)c1. The van der Waals surface area contributed by atoms with Crippen LogP contribution in [0, 0.1) is 0 Å². The number of imide groups is 2. The van der Waals surface area contributed by atoms with E-state index in [1.165, 1.54) is 42.5 Å². The van der Waals surface area contributed by atoms with E-state index in [2.05, 4.69) is 11.4 Å². The summed E-state index contributed by atoms with van der Waals surface area (Å²) < 4.78 is 139. The Morgan fingerprint density at radius 2 is 0.831 bits per heavy atom. The Hall–Kier alpha value is -7.23. The Bertz CT molecular complexity index is 3140. The van der Waals surface area contributed by atoms with Crippen LogP contribution in [-0.2, 0) is 21.7 Å². The number of hydrogen-bond acceptors (Lipinski definition) is 5. The first kappa shape index (κ1) is 50.2. The van der Waals surface area contributed by atoms with Crippen LogP contribution in [0.25, 0.3) is 11.1 Å². The number of benzene rings is 6. The van der Waals surface area contributed by atoms with E-state index < -0.39 is 97.6 Å². The van der Waals surface area contributed by atoms with Crippen LogP contribution in [0.3, 0.4) is 0 Å². The molecule has 2 aliphatic rings. The van der Waals surface area contributed by atoms with Crippen molar-refractivity contribution in [3.8, 4) is 11.1 Å². The number of nitrogens with one attached hydrogen (secondary N) is 1. The minimum Gasteiger partial charge on any atom is -0.388 e. The van der Waals surface area contributed by atoms with Crippen LogP contribution in [0.15, 0.2) is 127 Å². The van der Waals surface area contributed by atoms with Gasteiger partial charge >= 0.3 is 18.5 Å². The van der Waals surface area contributed by atoms with Crippen molar-refractivity contribution >= 4 is 40.7 Å². The molecular formula is C55H46F9N3O4. The Morgan fingerprint density at radius 1 is 0.380 bits per heavy atom. The molecule has 1 atom stereocenters. The molecule has 16 heteroatoms. The molecule has 368 valence electrons. The molecule has 0 saturated heterocycles. The van der Waals surface area contributed by atoms with Crippen LogP contribution in [0.2, 0.25) is 0 Å². The highest BCUT2D eigenvalue weighted by atomic mass is 19.4. The van der Waals surface area contributed by atoms with Crippen molar-refractivity contribution in [1.82, 2.24) is 0 Å². The normalized spacial score (nSPS) is 15.6. The van der Waals surface area contributed by atoms with Crippen molar-refractivity contribution in [3.05, 3.63) is 183 Å². The van der Waals surface area contributed by atoms with Crippen LogP contribution in [0.1, 0.15) is 123 Å². The first-order valence-electron chi connectivity index (χ1n) is 22.3. The van der Waals surface area contributed by atoms with E-state index in [0.29, 0.717) is 51.4 Å². The molecule has 71 heavy (non-hydrogen) atoms. The fourth-order valence-electron chi connectivity index (χ4n) is 9.33. The number of amides is 4. The Morgan fingerprint density at radius 3 is 1.28 bits per heavy atom. The van der Waals surface area contributed by atoms with Gasteiger partial charge in [0.2, 0.25) is 5.41 Å². The molecule has 6 aromatic carbocycles. The van der Waals surface area contributed by atoms with Gasteiger partial charge in [0.05, 0.1) is 33.6 Å². The van der Waals surface area contributed by atoms with E-state index in [9.17, 15) is 32.3 Å². The van der Waals surface area contributed by atoms with Gasteiger partial charge in [-0.25, -0.2) is 9.80 Å². The number of hydrogen-bond donors (Lipinski definition) is 1. The largest absolute Gasteiger partial charge is 0.411 e. The topological polar surface area (TPSA) is 86.8 Å². The zero-order valence-electron chi connectivity index (χ0n) is 39.6. The molecule has 0 bridgehead atoms. The molecule has 6 aromatic rings. The fourth-order valence-corrected chi connectivity index (χ4v) is 9.33. The van der Waals surface area contributed by atoms with E-state index in [4.69, 9.17) is 0 Å². The standard InChI is InChI=1S/C55H46F9N3O4/c1-49(2,3)36-21-30(22-37(25-36)50(4,5)6)31-23-38(65-8)29-40(24-31)67-46(69)42-20-18-35(28-44(42)48(67)71)52(54(59,60)61,55(62,63)64)34-17-19-41-43(27-34)47(70)66(45(41)68)39-16-12-15-33(26-39)51(7,53(56,57)58)32-13-10-9-11-14-32/h9-29,65H,1-8H3. The van der Waals surface area contributed by atoms with Crippen LogP contribution in [-0.4, -0.2) is 49.2 Å². The summed E-state index contributed by atoms with van der Waals surface area (Å²) >= 11 is 0. The third-order valence-electron chi connectivity index (χ3n) is 13.6. The van der Waals surface area contributed by atoms with Gasteiger partial charge in [-0.3, -0.25) is 19.2 Å². The van der Waals surface area contributed by atoms with E-state index >= 15 is 26.3 Å². The lowest BCUT2D eigenvalue weighted by molar-refractivity contribution is -0.288. The van der Waals surface area contributed by atoms with Crippen LogP contribution in [0.4, 0.5) is 56.6 Å². The fraction of sp³-hybridized carbons (Fsp3) is 0.273. The number of nitrogens with zero attached hydrogens (tertiary/aromatic N) is 2. The maximum atomic E-state index is 15.7. The van der Waals surface area contributed by atoms with Gasteiger partial charge in [-0.2, -0.15) is 39.5 Å². The predicted octanol–water partition coefficient (Wildman–Crippen LogP) is 13.9. The smallest absolute Gasteiger partial charge is 0.388 e. The molecule has 0 fully saturated rings. The predicted molar refractivity (Wildman–Crippen MR) is 252 cm³/mol. The molecular weight excluding hydrogens is 938 g/mol. The third-order valence-corrected chi connectivity index (χ3v) is 13.6. The molecule has 4 amide bonds. The molecule has 0 aliphatic carbocycles. The molecule has 0 aromatic heterocycles. The number of carbonyl (C=O) groups is 4. The summed E-state index contributed by atoms with van der Waals surface area (Å²) in [6, 6.07) is 24.6. The average molecular weight is 984 g/mol. The number of alkyl halides is 9. The molecule has 1 unspecified atom stereocenters. The van der Waals surface area contributed by atoms with Crippen molar-refractivity contribution in [1.29, 1.82) is 0 Å². The van der Waals surface area contributed by atoms with Crippen molar-refractivity contribution in [2.24, 2.45) is 0 Å². The van der Waals surface area contributed by atoms with Crippen LogP contribution >= 0.6 is 0 Å². The Labute approximate surface area is 403 Å². The van der Waals surface area contributed by atoms with Crippen LogP contribution < -0.4 is 15.1 Å². The lowest BCUT2D eigenvalue weighted by Gasteiger charge is -2.38. The summed E-state index contributed by atoms with van der Waals surface area (Å²) in [5, 5.41) is 2.99. The highest BCUT2D eigenvalue weighted by molar-refractivity contribution is 6.35. The molecule has 1 N–H and O–H groups in total. The van der Waals surface area contributed by atoms with Gasteiger partial charge in [-0.05, 0) is 117 Å². The van der Waals surface area contributed by atoms with E-state index in [-0.39, 0.29) is 28.1 Å². The average Bonchev–Trinajstić information content (AvgIpc) is 3.69. The summed E-state index contributed by atoms with van der Waals surface area (Å²) in [5.74, 6) is -4.83. The van der Waals surface area contributed by atoms with Gasteiger partial charge in [0.15, 0.2) is 0 Å². The monoisotopic (exact) mass is 983 g/mol. The molecule has 2 heterocycles. The zero-order chi connectivity index (χ0) is 52.2. The number of carbonyl (C=O) groups excluding carboxylic acids is 4. The molecule has 8 rings (SSSR count). The Kier molecular flexibility index (Phi) is 11.8. The highest BCUT2D eigenvalue weighted by Crippen LogP contribution is 2.57. The first-order valence-corrected chi connectivity index (χ1v) is 22.3. The van der Waals surface area contributed by atoms with Crippen molar-refractivity contribution in [3.63, 3.8) is 0 Å². The van der Waals surface area contributed by atoms with Gasteiger partial charge in [0.25, 0.3) is 23.6 Å². The van der Waals surface area contributed by atoms with Crippen molar-refractivity contribution < 1.29 is 58.7 Å². The van der Waals surface area contributed by atoms with Crippen molar-refractivity contribution in [2.45, 2.75) is 88.7 Å². The van der Waals surface area contributed by atoms with Gasteiger partial charge in [-0.15, -0.1) is 0 Å². The molecule has 0 spiro atoms. The quantitative estimate of drug-likeness (QED) is 0.121. The number of fused-ring (bicyclic) bond motifs is 2. The summed E-state index contributed by atoms with van der Waals surface area (Å²) in [4.78, 5) is 57.4. The lowest BCUT2D eigenvalue weighted by atomic mass is 9.71. The summed E-state index contributed by atoms with van der Waals surface area (Å²) in [6.45, 7) is 13.1. The van der Waals surface area contributed by atoms with Gasteiger partial charge in [0.1, 0.15) is 5.41 Å². The second kappa shape index (κ2) is 16.7. The highest BCUT2D eigenvalue weighted by Gasteiger charge is 2.73. The van der Waals surface area contributed by atoms with Crippen molar-refractivity contribution in [2.75, 3.05) is 22.2 Å². The summed E-state index contributed by atoms with van der Waals surface area (Å²) in [7, 11) is 1.59. The second-order valence-corrected chi connectivity index (χ2v) is 20.0. The third kappa shape index (κ3) is 8.04. The number of anilines is 3. The zero-order valence-corrected chi connectivity index (χ0v) is 39.6. The maximum Gasteiger partial charge on any atom is 0.411 e. The number of halogens is 9. The number of rotatable bonds is 8. The van der Waals surface area contributed by atoms with E-state index in [1.54, 1.807) is 13.1 Å². The summed E-state index contributed by atoms with van der Waals surface area (Å²) in [5.41, 5.74) is -11.4. The molecule has 7 nitrogen and oxygen atoms in total. The Balaban J connectivity index is 1.21. The minimum atomic E-state index is -6.25. The summed E-state index contributed by atoms with van der Waals surface area (Å²) in [6.07, 6.45) is -17.4. The molecule has 0 radical (unpaired) electrons. The maximum absolute atomic E-state index is 15.7. The minimum absolute atomic E-state index is 0.0176. The van der Waals surface area contributed by atoms with E-state index in [1.807, 2.05) is 53.7 Å². The molecule has 0 saturated carbocycles. The van der Waals surface area contributed by atoms with Gasteiger partial charge < -0.3 is 5.32 Å². The first-order chi connectivity index (χ1) is 32.9. The second-order valence-electron chi connectivity index (χ2n) is 20.0. The van der Waals surface area contributed by atoms with Gasteiger partial charge in [0, 0.05) is 12.7 Å². The molecule has 2 aliphatic heterocycles. The lowest BCUT2D eigenvalue weighted by Crippen LogP contribution is -2.55. The van der Waals surface area contributed by atoms with Gasteiger partial charge in [-0.1, -0.05) is 114 Å². The van der Waals surface area contributed by atoms with E-state index in [0.717, 1.165) is 47.9 Å². The van der Waals surface area contributed by atoms with Crippen LogP contribution in [0.5, 0.6) is 0 Å².